The molecule has 5 N–H and O–H groups in total. The molecule has 0 aliphatic carbocycles. The maximum Gasteiger partial charge on any atom is 0.434 e. The third-order valence-electron chi connectivity index (χ3n) is 6.92. The number of rotatable bonds is 9. The highest BCUT2D eigenvalue weighted by atomic mass is 19.4. The molecule has 1 atom stereocenters. The largest absolute Gasteiger partial charge is 0.463 e. The zero-order chi connectivity index (χ0) is 34.9. The second kappa shape index (κ2) is 15.8. The van der Waals surface area contributed by atoms with Gasteiger partial charge in [0.15, 0.2) is 0 Å². The van der Waals surface area contributed by atoms with Gasteiger partial charge >= 0.3 is 18.4 Å². The lowest BCUT2D eigenvalue weighted by molar-refractivity contribution is -0.138. The number of aromatic nitrogens is 1. The van der Waals surface area contributed by atoms with E-state index in [0.29, 0.717) is 26.1 Å². The number of carbonyl (C=O) groups is 3. The fourth-order valence-electron chi connectivity index (χ4n) is 4.83. The molecule has 0 radical (unpaired) electrons. The minimum atomic E-state index is -4.57. The normalized spacial score (nSPS) is 15.0. The minimum absolute atomic E-state index is 0.0186. The van der Waals surface area contributed by atoms with Gasteiger partial charge in [-0.1, -0.05) is 12.1 Å². The molecule has 1 aromatic heterocycles. The summed E-state index contributed by atoms with van der Waals surface area (Å²) in [5.41, 5.74) is 0.570. The Kier molecular flexibility index (Phi) is 12.4. The van der Waals surface area contributed by atoms with E-state index < -0.39 is 53.0 Å². The monoisotopic (exact) mass is 668 g/mol. The van der Waals surface area contributed by atoms with Crippen LogP contribution in [-0.2, 0) is 20.5 Å². The van der Waals surface area contributed by atoms with Crippen LogP contribution in [-0.4, -0.2) is 65.7 Å². The molecule has 17 heteroatoms. The first-order valence-electron chi connectivity index (χ1n) is 14.7. The number of nitrogens with one attached hydrogen (secondary N) is 4. The Labute approximate surface area is 268 Å². The van der Waals surface area contributed by atoms with Crippen molar-refractivity contribution in [2.24, 2.45) is 4.99 Å². The Bertz CT molecular complexity index is 1530. The molecule has 3 rings (SSSR count). The highest BCUT2D eigenvalue weighted by Gasteiger charge is 2.33. The fraction of sp³-hybridized carbons (Fsp3) is 0.500. The van der Waals surface area contributed by atoms with Crippen molar-refractivity contribution in [3.8, 4) is 0 Å². The van der Waals surface area contributed by atoms with Gasteiger partial charge in [-0.2, -0.15) is 13.2 Å². The van der Waals surface area contributed by atoms with Crippen molar-refractivity contribution in [3.05, 3.63) is 63.1 Å². The van der Waals surface area contributed by atoms with Gasteiger partial charge in [0, 0.05) is 38.1 Å². The van der Waals surface area contributed by atoms with E-state index in [1.54, 1.807) is 27.7 Å². The van der Waals surface area contributed by atoms with E-state index in [1.165, 1.54) is 35.9 Å². The van der Waals surface area contributed by atoms with Gasteiger partial charge in [-0.15, -0.1) is 4.99 Å². The van der Waals surface area contributed by atoms with Crippen molar-refractivity contribution >= 4 is 29.7 Å². The van der Waals surface area contributed by atoms with Gasteiger partial charge in [0.25, 0.3) is 11.5 Å². The molecular formula is C30H39F3N6O8. The summed E-state index contributed by atoms with van der Waals surface area (Å²) in [6.45, 7) is 8.39. The van der Waals surface area contributed by atoms with Crippen LogP contribution in [0.5, 0.6) is 0 Å². The Morgan fingerprint density at radius 2 is 1.85 bits per heavy atom. The highest BCUT2D eigenvalue weighted by Crippen LogP contribution is 2.34. The molecule has 1 fully saturated rings. The number of aliphatic imine (C=N–C) groups is 1. The summed E-state index contributed by atoms with van der Waals surface area (Å²) in [4.78, 5) is 58.1. The van der Waals surface area contributed by atoms with Crippen LogP contribution in [0.4, 0.5) is 28.4 Å². The molecule has 0 unspecified atom stereocenters. The first-order valence-corrected chi connectivity index (χ1v) is 14.7. The number of guanidine groups is 1. The Hall–Kier alpha value is -4.64. The summed E-state index contributed by atoms with van der Waals surface area (Å²) in [5, 5.41) is 16.8. The first-order chi connectivity index (χ1) is 22.0. The molecule has 258 valence electrons. The molecule has 1 aliphatic heterocycles. The van der Waals surface area contributed by atoms with E-state index in [0.717, 1.165) is 6.07 Å². The van der Waals surface area contributed by atoms with Crippen LogP contribution in [0.3, 0.4) is 0 Å². The number of amides is 3. The number of pyridine rings is 1. The van der Waals surface area contributed by atoms with E-state index in [2.05, 4.69) is 26.4 Å². The zero-order valence-corrected chi connectivity index (χ0v) is 26.6. The third kappa shape index (κ3) is 11.0. The number of alkyl carbamates (subject to hydrolysis) is 1. The fourth-order valence-corrected chi connectivity index (χ4v) is 4.83. The summed E-state index contributed by atoms with van der Waals surface area (Å²) in [7, 11) is 0. The van der Waals surface area contributed by atoms with Crippen LogP contribution < -0.4 is 27.0 Å². The molecule has 2 heterocycles. The molecule has 1 aliphatic rings. The molecule has 0 spiro atoms. The second-order valence-corrected chi connectivity index (χ2v) is 11.6. The quantitative estimate of drug-likeness (QED) is 0.110. The van der Waals surface area contributed by atoms with Crippen molar-refractivity contribution in [1.29, 1.82) is 0 Å². The van der Waals surface area contributed by atoms with E-state index in [1.807, 2.05) is 0 Å². The van der Waals surface area contributed by atoms with Gasteiger partial charge in [0.05, 0.1) is 29.5 Å². The number of benzene rings is 1. The average molecular weight is 669 g/mol. The number of alkyl halides is 3. The summed E-state index contributed by atoms with van der Waals surface area (Å²) in [6, 6.07) is 3.94. The molecular weight excluding hydrogens is 629 g/mol. The van der Waals surface area contributed by atoms with Crippen LogP contribution >= 0.6 is 0 Å². The van der Waals surface area contributed by atoms with E-state index >= 15 is 0 Å². The third-order valence-corrected chi connectivity index (χ3v) is 6.92. The standard InChI is InChI=1S/C30H39F3N6O8/c1-17-20(7-6-8-22(17)30(31,32)33)18(2)35-25(41)21-16-39(19-9-12-45-13-10-19)24(40)15-23(21)34-11-14-46-38-26(36-27(42)43)37-28(44)47-29(3,4)5/h6-8,15-16,18-19,34H,9-14H2,1-5H3,(H,35,41)(H,42,43)(H2,36,37,38,44)/t18-/m1/s1. The van der Waals surface area contributed by atoms with Gasteiger partial charge in [-0.25, -0.2) is 15.1 Å². The van der Waals surface area contributed by atoms with Crippen LogP contribution in [0.1, 0.15) is 79.7 Å². The second-order valence-electron chi connectivity index (χ2n) is 11.6. The van der Waals surface area contributed by atoms with E-state index in [4.69, 9.17) is 19.4 Å². The van der Waals surface area contributed by atoms with Crippen molar-refractivity contribution < 1.29 is 47.0 Å². The van der Waals surface area contributed by atoms with Gasteiger partial charge in [-0.05, 0) is 64.7 Å². The highest BCUT2D eigenvalue weighted by molar-refractivity contribution is 5.99. The molecule has 0 saturated carbocycles. The summed E-state index contributed by atoms with van der Waals surface area (Å²) >= 11 is 0. The number of ether oxygens (including phenoxy) is 2. The topological polar surface area (TPSA) is 182 Å². The SMILES string of the molecule is Cc1c([C@@H](C)NC(=O)c2cn(C3CCOCC3)c(=O)cc2NCCONC(=NC(=O)O)NC(=O)OC(C)(C)C)cccc1C(F)(F)F. The molecule has 3 amide bonds. The van der Waals surface area contributed by atoms with E-state index in [9.17, 15) is 32.3 Å². The van der Waals surface area contributed by atoms with Gasteiger partial charge in [0.1, 0.15) is 5.60 Å². The summed E-state index contributed by atoms with van der Waals surface area (Å²) in [6.07, 6.45) is -4.68. The zero-order valence-electron chi connectivity index (χ0n) is 26.6. The number of carboxylic acid groups (broad SMARTS) is 1. The molecule has 1 saturated heterocycles. The number of anilines is 1. The molecule has 47 heavy (non-hydrogen) atoms. The molecule has 2 aromatic rings. The average Bonchev–Trinajstić information content (AvgIpc) is 2.95. The maximum atomic E-state index is 13.6. The Morgan fingerprint density at radius 1 is 1.17 bits per heavy atom. The number of nitrogens with zero attached hydrogens (tertiary/aromatic N) is 2. The number of halogens is 3. The minimum Gasteiger partial charge on any atom is -0.463 e. The van der Waals surface area contributed by atoms with Crippen LogP contribution in [0.2, 0.25) is 0 Å². The van der Waals surface area contributed by atoms with Crippen molar-refractivity contribution in [2.45, 2.75) is 71.3 Å². The molecule has 1 aromatic carbocycles. The lowest BCUT2D eigenvalue weighted by Gasteiger charge is -2.26. The predicted molar refractivity (Wildman–Crippen MR) is 164 cm³/mol. The van der Waals surface area contributed by atoms with Gasteiger partial charge in [0.2, 0.25) is 5.96 Å². The van der Waals surface area contributed by atoms with Crippen LogP contribution in [0.15, 0.2) is 40.2 Å². The Balaban J connectivity index is 1.77. The number of hydrogen-bond donors (Lipinski definition) is 5. The van der Waals surface area contributed by atoms with E-state index in [-0.39, 0.29) is 41.6 Å². The van der Waals surface area contributed by atoms with Crippen LogP contribution in [0, 0.1) is 6.92 Å². The van der Waals surface area contributed by atoms with Crippen molar-refractivity contribution in [1.82, 2.24) is 20.7 Å². The molecule has 14 nitrogen and oxygen atoms in total. The van der Waals surface area contributed by atoms with Crippen LogP contribution in [0.25, 0.3) is 0 Å². The number of hydrogen-bond acceptors (Lipinski definition) is 8. The number of carbonyl (C=O) groups excluding carboxylic acids is 2. The summed E-state index contributed by atoms with van der Waals surface area (Å²) in [5.74, 6) is -1.21. The van der Waals surface area contributed by atoms with Crippen molar-refractivity contribution in [2.75, 3.05) is 31.7 Å². The molecule has 0 bridgehead atoms. The predicted octanol–water partition coefficient (Wildman–Crippen LogP) is 4.51. The summed E-state index contributed by atoms with van der Waals surface area (Å²) < 4.78 is 52.4. The lowest BCUT2D eigenvalue weighted by Crippen LogP contribution is -2.44. The van der Waals surface area contributed by atoms with Crippen molar-refractivity contribution in [3.63, 3.8) is 0 Å². The number of hydroxylamine groups is 1. The van der Waals surface area contributed by atoms with Gasteiger partial charge < -0.3 is 29.8 Å². The smallest absolute Gasteiger partial charge is 0.434 e. The Morgan fingerprint density at radius 3 is 2.47 bits per heavy atom. The maximum absolute atomic E-state index is 13.6. The lowest BCUT2D eigenvalue weighted by atomic mass is 9.97. The van der Waals surface area contributed by atoms with Gasteiger partial charge in [-0.3, -0.25) is 19.7 Å². The first kappa shape index (κ1) is 36.8.